The van der Waals surface area contributed by atoms with Crippen molar-refractivity contribution in [2.75, 3.05) is 5.32 Å². The van der Waals surface area contributed by atoms with Gasteiger partial charge in [0.15, 0.2) is 0 Å². The molecule has 140 valence electrons. The Morgan fingerprint density at radius 1 is 1.22 bits per heavy atom. The minimum atomic E-state index is -4.80. The standard InChI is InChI=1S/C17H13F3N4O3/c18-17(19,20)26-13-5-1-4-12(9-13)22-14(25)6-7-15-23-16(24-27-15)11-3-2-8-21-10-11/h1-5,8-10H,6-7H2,(H,22,25). The molecule has 2 aromatic heterocycles. The van der Waals surface area contributed by atoms with E-state index >= 15 is 0 Å². The van der Waals surface area contributed by atoms with E-state index < -0.39 is 18.0 Å². The quantitative estimate of drug-likeness (QED) is 0.705. The maximum Gasteiger partial charge on any atom is 0.573 e. The summed E-state index contributed by atoms with van der Waals surface area (Å²) in [4.78, 5) is 20.1. The van der Waals surface area contributed by atoms with Crippen LogP contribution < -0.4 is 10.1 Å². The number of hydrogen-bond donors (Lipinski definition) is 1. The Balaban J connectivity index is 1.55. The number of hydrogen-bond acceptors (Lipinski definition) is 6. The number of anilines is 1. The van der Waals surface area contributed by atoms with E-state index in [9.17, 15) is 18.0 Å². The summed E-state index contributed by atoms with van der Waals surface area (Å²) in [6.07, 6.45) is -1.41. The molecule has 0 saturated heterocycles. The molecule has 2 heterocycles. The molecule has 1 aromatic carbocycles. The van der Waals surface area contributed by atoms with Gasteiger partial charge in [-0.1, -0.05) is 11.2 Å². The molecule has 0 bridgehead atoms. The fourth-order valence-corrected chi connectivity index (χ4v) is 2.18. The van der Waals surface area contributed by atoms with Crippen LogP contribution in [0.4, 0.5) is 18.9 Å². The third-order valence-corrected chi connectivity index (χ3v) is 3.31. The molecule has 1 amide bonds. The maximum absolute atomic E-state index is 12.2. The van der Waals surface area contributed by atoms with Crippen molar-refractivity contribution in [2.45, 2.75) is 19.2 Å². The lowest BCUT2D eigenvalue weighted by molar-refractivity contribution is -0.274. The highest BCUT2D eigenvalue weighted by Gasteiger charge is 2.31. The zero-order valence-corrected chi connectivity index (χ0v) is 13.7. The van der Waals surface area contributed by atoms with Crippen LogP contribution >= 0.6 is 0 Å². The van der Waals surface area contributed by atoms with E-state index in [0.717, 1.165) is 12.1 Å². The Morgan fingerprint density at radius 3 is 2.81 bits per heavy atom. The van der Waals surface area contributed by atoms with E-state index in [1.165, 1.54) is 12.1 Å². The topological polar surface area (TPSA) is 90.1 Å². The zero-order valence-electron chi connectivity index (χ0n) is 13.7. The Morgan fingerprint density at radius 2 is 2.07 bits per heavy atom. The number of nitrogens with one attached hydrogen (secondary N) is 1. The average molecular weight is 378 g/mol. The van der Waals surface area contributed by atoms with Crippen molar-refractivity contribution in [3.05, 3.63) is 54.7 Å². The molecule has 0 aliphatic heterocycles. The van der Waals surface area contributed by atoms with E-state index in [4.69, 9.17) is 4.52 Å². The monoisotopic (exact) mass is 378 g/mol. The number of carbonyl (C=O) groups is 1. The van der Waals surface area contributed by atoms with E-state index in [0.29, 0.717) is 11.4 Å². The van der Waals surface area contributed by atoms with Crippen LogP contribution in [0, 0.1) is 0 Å². The molecule has 0 aliphatic carbocycles. The van der Waals surface area contributed by atoms with Gasteiger partial charge in [-0.15, -0.1) is 13.2 Å². The highest BCUT2D eigenvalue weighted by Crippen LogP contribution is 2.25. The van der Waals surface area contributed by atoms with Crippen molar-refractivity contribution in [1.82, 2.24) is 15.1 Å². The zero-order chi connectivity index (χ0) is 19.3. The molecule has 0 saturated carbocycles. The van der Waals surface area contributed by atoms with Crippen LogP contribution in [0.5, 0.6) is 5.75 Å². The molecule has 0 spiro atoms. The molecule has 7 nitrogen and oxygen atoms in total. The SMILES string of the molecule is O=C(CCc1nc(-c2cccnc2)no1)Nc1cccc(OC(F)(F)F)c1. The second-order valence-corrected chi connectivity index (χ2v) is 5.38. The molecule has 3 aromatic rings. The van der Waals surface area contributed by atoms with Gasteiger partial charge in [0.1, 0.15) is 5.75 Å². The van der Waals surface area contributed by atoms with Gasteiger partial charge in [0.05, 0.1) is 0 Å². The number of alkyl halides is 3. The van der Waals surface area contributed by atoms with Crippen molar-refractivity contribution in [2.24, 2.45) is 0 Å². The van der Waals surface area contributed by atoms with Crippen LogP contribution in [0.15, 0.2) is 53.3 Å². The van der Waals surface area contributed by atoms with Gasteiger partial charge in [0.2, 0.25) is 17.6 Å². The normalized spacial score (nSPS) is 11.2. The molecule has 27 heavy (non-hydrogen) atoms. The first-order valence-corrected chi connectivity index (χ1v) is 7.78. The molecule has 3 rings (SSSR count). The molecule has 0 unspecified atom stereocenters. The number of benzene rings is 1. The number of rotatable bonds is 6. The molecular weight excluding hydrogens is 365 g/mol. The first-order valence-electron chi connectivity index (χ1n) is 7.78. The lowest BCUT2D eigenvalue weighted by Gasteiger charge is -2.10. The van der Waals surface area contributed by atoms with E-state index in [2.05, 4.69) is 25.2 Å². The van der Waals surface area contributed by atoms with Crippen LogP contribution in [0.25, 0.3) is 11.4 Å². The highest BCUT2D eigenvalue weighted by molar-refractivity contribution is 5.90. The Hall–Kier alpha value is -3.43. The Labute approximate surface area is 151 Å². The Bertz CT molecular complexity index is 913. The van der Waals surface area contributed by atoms with Gasteiger partial charge >= 0.3 is 6.36 Å². The van der Waals surface area contributed by atoms with Gasteiger partial charge in [-0.3, -0.25) is 9.78 Å². The molecule has 0 fully saturated rings. The first-order chi connectivity index (χ1) is 12.9. The highest BCUT2D eigenvalue weighted by atomic mass is 19.4. The van der Waals surface area contributed by atoms with Crippen molar-refractivity contribution < 1.29 is 27.2 Å². The number of ether oxygens (including phenoxy) is 1. The average Bonchev–Trinajstić information content (AvgIpc) is 3.09. The van der Waals surface area contributed by atoms with Gasteiger partial charge in [-0.05, 0) is 24.3 Å². The summed E-state index contributed by atoms with van der Waals surface area (Å²) in [6.45, 7) is 0. The summed E-state index contributed by atoms with van der Waals surface area (Å²) < 4.78 is 45.6. The summed E-state index contributed by atoms with van der Waals surface area (Å²) >= 11 is 0. The predicted molar refractivity (Wildman–Crippen MR) is 87.6 cm³/mol. The van der Waals surface area contributed by atoms with Crippen LogP contribution in [-0.4, -0.2) is 27.4 Å². The summed E-state index contributed by atoms with van der Waals surface area (Å²) in [5.74, 6) is -0.215. The molecular formula is C17H13F3N4O3. The third kappa shape index (κ3) is 5.53. The fraction of sp³-hybridized carbons (Fsp3) is 0.176. The smallest absolute Gasteiger partial charge is 0.406 e. The number of aryl methyl sites for hydroxylation is 1. The lowest BCUT2D eigenvalue weighted by Crippen LogP contribution is -2.17. The van der Waals surface area contributed by atoms with E-state index in [1.54, 1.807) is 24.5 Å². The van der Waals surface area contributed by atoms with E-state index in [-0.39, 0.29) is 24.4 Å². The maximum atomic E-state index is 12.2. The minimum absolute atomic E-state index is 0.0129. The van der Waals surface area contributed by atoms with Crippen molar-refractivity contribution in [3.8, 4) is 17.1 Å². The van der Waals surface area contributed by atoms with E-state index in [1.807, 2.05) is 0 Å². The lowest BCUT2D eigenvalue weighted by atomic mass is 10.2. The second kappa shape index (κ2) is 7.85. The predicted octanol–water partition coefficient (Wildman–Crippen LogP) is 3.60. The minimum Gasteiger partial charge on any atom is -0.406 e. The second-order valence-electron chi connectivity index (χ2n) is 5.38. The van der Waals surface area contributed by atoms with Gasteiger partial charge < -0.3 is 14.6 Å². The van der Waals surface area contributed by atoms with Crippen molar-refractivity contribution in [1.29, 1.82) is 0 Å². The summed E-state index contributed by atoms with van der Waals surface area (Å²) in [5, 5.41) is 6.30. The summed E-state index contributed by atoms with van der Waals surface area (Å²) in [5.41, 5.74) is 0.863. The molecule has 0 radical (unpaired) electrons. The van der Waals surface area contributed by atoms with Crippen LogP contribution in [0.1, 0.15) is 12.3 Å². The number of aromatic nitrogens is 3. The van der Waals surface area contributed by atoms with Gasteiger partial charge in [-0.2, -0.15) is 4.98 Å². The van der Waals surface area contributed by atoms with Crippen molar-refractivity contribution >= 4 is 11.6 Å². The third-order valence-electron chi connectivity index (χ3n) is 3.31. The molecule has 0 aliphatic rings. The van der Waals surface area contributed by atoms with Crippen LogP contribution in [-0.2, 0) is 11.2 Å². The first kappa shape index (κ1) is 18.4. The summed E-state index contributed by atoms with van der Waals surface area (Å²) in [7, 11) is 0. The number of halogens is 3. The van der Waals surface area contributed by atoms with Crippen molar-refractivity contribution in [3.63, 3.8) is 0 Å². The molecule has 0 atom stereocenters. The molecule has 1 N–H and O–H groups in total. The number of pyridine rings is 1. The van der Waals surface area contributed by atoms with Gasteiger partial charge in [-0.25, -0.2) is 0 Å². The number of nitrogens with zero attached hydrogens (tertiary/aromatic N) is 3. The largest absolute Gasteiger partial charge is 0.573 e. The number of amides is 1. The van der Waals surface area contributed by atoms with Gasteiger partial charge in [0.25, 0.3) is 0 Å². The fourth-order valence-electron chi connectivity index (χ4n) is 2.18. The summed E-state index contributed by atoms with van der Waals surface area (Å²) in [6, 6.07) is 8.52. The van der Waals surface area contributed by atoms with Crippen LogP contribution in [0.2, 0.25) is 0 Å². The molecule has 10 heteroatoms. The van der Waals surface area contributed by atoms with Crippen LogP contribution in [0.3, 0.4) is 0 Å². The Kier molecular flexibility index (Phi) is 5.34. The number of carbonyl (C=O) groups excluding carboxylic acids is 1. The van der Waals surface area contributed by atoms with Gasteiger partial charge in [0, 0.05) is 42.6 Å².